The lowest BCUT2D eigenvalue weighted by Crippen LogP contribution is -2.33. The van der Waals surface area contributed by atoms with E-state index in [2.05, 4.69) is 5.32 Å². The monoisotopic (exact) mass is 343 g/mol. The average Bonchev–Trinajstić information content (AvgIpc) is 3.14. The maximum atomic E-state index is 12.0. The quantitative estimate of drug-likeness (QED) is 0.773. The number of alkyl halides is 3. The van der Waals surface area contributed by atoms with Crippen molar-refractivity contribution in [2.45, 2.75) is 43.7 Å². The molecule has 0 unspecified atom stereocenters. The van der Waals surface area contributed by atoms with E-state index in [9.17, 15) is 18.0 Å². The fourth-order valence-corrected chi connectivity index (χ4v) is 3.16. The third kappa shape index (κ3) is 4.55. The van der Waals surface area contributed by atoms with Crippen LogP contribution >= 0.6 is 0 Å². The Hall–Kier alpha value is -1.44. The van der Waals surface area contributed by atoms with Gasteiger partial charge in [-0.15, -0.1) is 0 Å². The summed E-state index contributed by atoms with van der Waals surface area (Å²) in [4.78, 5) is 11.7. The lowest BCUT2D eigenvalue weighted by atomic mass is 10.00. The molecule has 4 nitrogen and oxygen atoms in total. The van der Waals surface area contributed by atoms with E-state index in [0.717, 1.165) is 24.1 Å². The molecule has 24 heavy (non-hydrogen) atoms. The third-order valence-corrected chi connectivity index (χ3v) is 4.33. The van der Waals surface area contributed by atoms with Crippen molar-refractivity contribution in [2.24, 2.45) is 0 Å². The second kappa shape index (κ2) is 7.21. The molecule has 0 amide bonds. The van der Waals surface area contributed by atoms with Crippen molar-refractivity contribution in [2.75, 3.05) is 19.8 Å². The first kappa shape index (κ1) is 17.4. The SMILES string of the molecule is O=C(COCCC(F)(F)F)Cc1ccc([C@H]2O[C@@H]3CN[C@H]2C3)cc1. The number of hydrogen-bond acceptors (Lipinski definition) is 4. The van der Waals surface area contributed by atoms with Crippen LogP contribution in [0.1, 0.15) is 30.1 Å². The van der Waals surface area contributed by atoms with Gasteiger partial charge in [0.2, 0.25) is 0 Å². The van der Waals surface area contributed by atoms with Gasteiger partial charge in [-0.25, -0.2) is 0 Å². The average molecular weight is 343 g/mol. The number of morpholine rings is 1. The van der Waals surface area contributed by atoms with Gasteiger partial charge in [0.25, 0.3) is 0 Å². The number of Topliss-reactive ketones (excluding diaryl/α,β-unsaturated/α-hetero) is 1. The molecule has 1 aromatic rings. The van der Waals surface area contributed by atoms with E-state index >= 15 is 0 Å². The van der Waals surface area contributed by atoms with E-state index in [-0.39, 0.29) is 31.0 Å². The molecule has 132 valence electrons. The van der Waals surface area contributed by atoms with Gasteiger partial charge in [-0.2, -0.15) is 13.2 Å². The van der Waals surface area contributed by atoms with Crippen molar-refractivity contribution in [3.05, 3.63) is 35.4 Å². The number of fused-ring (bicyclic) bond motifs is 2. The molecule has 2 aliphatic rings. The summed E-state index contributed by atoms with van der Waals surface area (Å²) in [6.07, 6.45) is -3.76. The van der Waals surface area contributed by atoms with Crippen molar-refractivity contribution < 1.29 is 27.4 Å². The highest BCUT2D eigenvalue weighted by Gasteiger charge is 2.41. The van der Waals surface area contributed by atoms with Crippen LogP contribution in [0.3, 0.4) is 0 Å². The fourth-order valence-electron chi connectivity index (χ4n) is 3.16. The summed E-state index contributed by atoms with van der Waals surface area (Å²) in [5.74, 6) is -0.234. The predicted molar refractivity (Wildman–Crippen MR) is 80.7 cm³/mol. The minimum absolute atomic E-state index is 0.0548. The molecule has 3 rings (SSSR count). The Kier molecular flexibility index (Phi) is 5.22. The van der Waals surface area contributed by atoms with E-state index < -0.39 is 19.2 Å². The van der Waals surface area contributed by atoms with Crippen molar-refractivity contribution in [3.63, 3.8) is 0 Å². The molecule has 3 atom stereocenters. The van der Waals surface area contributed by atoms with Crippen LogP contribution in [0, 0.1) is 0 Å². The van der Waals surface area contributed by atoms with Gasteiger partial charge >= 0.3 is 6.18 Å². The zero-order valence-corrected chi connectivity index (χ0v) is 13.1. The van der Waals surface area contributed by atoms with E-state index in [1.165, 1.54) is 0 Å². The Morgan fingerprint density at radius 3 is 2.62 bits per heavy atom. The lowest BCUT2D eigenvalue weighted by Gasteiger charge is -2.23. The smallest absolute Gasteiger partial charge is 0.373 e. The molecule has 0 radical (unpaired) electrons. The normalized spacial score (nSPS) is 26.0. The summed E-state index contributed by atoms with van der Waals surface area (Å²) in [6, 6.07) is 7.96. The van der Waals surface area contributed by atoms with E-state index in [1.807, 2.05) is 24.3 Å². The molecule has 0 saturated carbocycles. The molecule has 7 heteroatoms. The zero-order valence-electron chi connectivity index (χ0n) is 13.1. The number of rotatable bonds is 7. The molecule has 0 spiro atoms. The third-order valence-electron chi connectivity index (χ3n) is 4.33. The van der Waals surface area contributed by atoms with Crippen LogP contribution in [0.2, 0.25) is 0 Å². The van der Waals surface area contributed by atoms with Crippen LogP contribution in [0.5, 0.6) is 0 Å². The van der Waals surface area contributed by atoms with Gasteiger partial charge in [0.15, 0.2) is 5.78 Å². The van der Waals surface area contributed by atoms with Crippen molar-refractivity contribution in [1.29, 1.82) is 0 Å². The highest BCUT2D eigenvalue weighted by atomic mass is 19.4. The van der Waals surface area contributed by atoms with Gasteiger partial charge in [0, 0.05) is 19.0 Å². The van der Waals surface area contributed by atoms with Crippen LogP contribution < -0.4 is 5.32 Å². The van der Waals surface area contributed by atoms with Crippen molar-refractivity contribution in [3.8, 4) is 0 Å². The minimum Gasteiger partial charge on any atom is -0.373 e. The van der Waals surface area contributed by atoms with Gasteiger partial charge in [0.1, 0.15) is 6.61 Å². The molecule has 2 bridgehead atoms. The Morgan fingerprint density at radius 1 is 1.29 bits per heavy atom. The molecular formula is C17H20F3NO3. The van der Waals surface area contributed by atoms with E-state index in [4.69, 9.17) is 9.47 Å². The largest absolute Gasteiger partial charge is 0.391 e. The van der Waals surface area contributed by atoms with E-state index in [0.29, 0.717) is 6.04 Å². The van der Waals surface area contributed by atoms with Crippen LogP contribution in [-0.4, -0.2) is 43.9 Å². The number of hydrogen-bond donors (Lipinski definition) is 1. The zero-order chi connectivity index (χ0) is 17.2. The van der Waals surface area contributed by atoms with Gasteiger partial charge in [-0.3, -0.25) is 4.79 Å². The first-order valence-corrected chi connectivity index (χ1v) is 8.04. The summed E-state index contributed by atoms with van der Waals surface area (Å²) in [5, 5.41) is 3.41. The Balaban J connectivity index is 1.43. The lowest BCUT2D eigenvalue weighted by molar-refractivity contribution is -0.148. The first-order valence-electron chi connectivity index (χ1n) is 8.04. The van der Waals surface area contributed by atoms with Gasteiger partial charge in [0.05, 0.1) is 25.2 Å². The number of benzene rings is 1. The molecule has 1 N–H and O–H groups in total. The highest BCUT2D eigenvalue weighted by Crippen LogP contribution is 2.36. The van der Waals surface area contributed by atoms with Crippen molar-refractivity contribution >= 4 is 5.78 Å². The number of ether oxygens (including phenoxy) is 2. The molecule has 2 saturated heterocycles. The summed E-state index contributed by atoms with van der Waals surface area (Å²) in [7, 11) is 0. The van der Waals surface area contributed by atoms with E-state index in [1.54, 1.807) is 0 Å². The van der Waals surface area contributed by atoms with Crippen molar-refractivity contribution in [1.82, 2.24) is 5.32 Å². The molecule has 0 aliphatic carbocycles. The van der Waals surface area contributed by atoms with Crippen LogP contribution in [0.15, 0.2) is 24.3 Å². The predicted octanol–water partition coefficient (Wildman–Crippen LogP) is 2.57. The molecule has 2 heterocycles. The Morgan fingerprint density at radius 2 is 2.04 bits per heavy atom. The molecule has 2 aliphatic heterocycles. The molecule has 0 aromatic heterocycles. The van der Waals surface area contributed by atoms with Gasteiger partial charge < -0.3 is 14.8 Å². The number of nitrogens with one attached hydrogen (secondary N) is 1. The second-order valence-electron chi connectivity index (χ2n) is 6.30. The van der Waals surface area contributed by atoms with Crippen LogP contribution in [-0.2, 0) is 20.7 Å². The fraction of sp³-hybridized carbons (Fsp3) is 0.588. The number of halogens is 3. The first-order chi connectivity index (χ1) is 11.4. The molecule has 1 aromatic carbocycles. The van der Waals surface area contributed by atoms with Gasteiger partial charge in [-0.1, -0.05) is 24.3 Å². The van der Waals surface area contributed by atoms with Crippen LogP contribution in [0.25, 0.3) is 0 Å². The molecular weight excluding hydrogens is 323 g/mol. The highest BCUT2D eigenvalue weighted by molar-refractivity contribution is 5.82. The number of carbonyl (C=O) groups excluding carboxylic acids is 1. The maximum Gasteiger partial charge on any atom is 0.391 e. The minimum atomic E-state index is -4.25. The van der Waals surface area contributed by atoms with Gasteiger partial charge in [-0.05, 0) is 17.5 Å². The summed E-state index contributed by atoms with van der Waals surface area (Å²) in [6.45, 7) is 0.127. The Bertz CT molecular complexity index is 573. The second-order valence-corrected chi connectivity index (χ2v) is 6.30. The molecule has 2 fully saturated rings. The summed E-state index contributed by atoms with van der Waals surface area (Å²) >= 11 is 0. The van der Waals surface area contributed by atoms with Crippen LogP contribution in [0.4, 0.5) is 13.2 Å². The standard InChI is InChI=1S/C17H20F3NO3/c18-17(19,20)5-6-23-10-13(22)7-11-1-3-12(4-2-11)16-15-8-14(24-16)9-21-15/h1-4,14-16,21H,5-10H2/t14-,15-,16+/m0/s1. The number of ketones is 1. The summed E-state index contributed by atoms with van der Waals surface area (Å²) in [5.41, 5.74) is 1.90. The summed E-state index contributed by atoms with van der Waals surface area (Å²) < 4.78 is 46.6. The Labute approximate surface area is 138 Å². The number of carbonyl (C=O) groups is 1. The topological polar surface area (TPSA) is 47.6 Å². The maximum absolute atomic E-state index is 12.0.